The number of esters is 1. The SMILES string of the molecule is CCOC(=O)CC(O)C(CC(C)C)NC(=O)OC(C)(C)C. The fourth-order valence-corrected chi connectivity index (χ4v) is 1.81. The highest BCUT2D eigenvalue weighted by atomic mass is 16.6. The monoisotopic (exact) mass is 303 g/mol. The van der Waals surface area contributed by atoms with Gasteiger partial charge in [0.25, 0.3) is 0 Å². The van der Waals surface area contributed by atoms with Crippen LogP contribution in [-0.2, 0) is 14.3 Å². The van der Waals surface area contributed by atoms with Crippen molar-refractivity contribution >= 4 is 12.1 Å². The van der Waals surface area contributed by atoms with Gasteiger partial charge in [0, 0.05) is 0 Å². The highest BCUT2D eigenvalue weighted by Crippen LogP contribution is 2.13. The molecule has 0 saturated heterocycles. The third kappa shape index (κ3) is 10.1. The van der Waals surface area contributed by atoms with Crippen LogP contribution in [0.5, 0.6) is 0 Å². The summed E-state index contributed by atoms with van der Waals surface area (Å²) in [7, 11) is 0. The molecule has 6 nitrogen and oxygen atoms in total. The molecule has 0 aromatic rings. The van der Waals surface area contributed by atoms with E-state index in [2.05, 4.69) is 5.32 Å². The summed E-state index contributed by atoms with van der Waals surface area (Å²) in [5.41, 5.74) is -0.613. The van der Waals surface area contributed by atoms with Gasteiger partial charge in [0.2, 0.25) is 0 Å². The van der Waals surface area contributed by atoms with Crippen molar-refractivity contribution in [3.8, 4) is 0 Å². The Kier molecular flexibility index (Phi) is 8.32. The molecule has 0 fully saturated rings. The Balaban J connectivity index is 4.63. The molecule has 21 heavy (non-hydrogen) atoms. The second kappa shape index (κ2) is 8.87. The molecule has 0 bridgehead atoms. The fraction of sp³-hybridized carbons (Fsp3) is 0.867. The molecule has 0 spiro atoms. The molecule has 0 rings (SSSR count). The molecular formula is C15H29NO5. The van der Waals surface area contributed by atoms with E-state index in [0.29, 0.717) is 6.42 Å². The molecule has 0 aliphatic rings. The lowest BCUT2D eigenvalue weighted by molar-refractivity contribution is -0.145. The number of alkyl carbamates (subject to hydrolysis) is 1. The normalized spacial score (nSPS) is 14.5. The zero-order valence-corrected chi connectivity index (χ0v) is 13.9. The van der Waals surface area contributed by atoms with Crippen LogP contribution in [0.4, 0.5) is 4.79 Å². The van der Waals surface area contributed by atoms with Crippen LogP contribution in [0.3, 0.4) is 0 Å². The van der Waals surface area contributed by atoms with Crippen LogP contribution in [0.1, 0.15) is 54.4 Å². The van der Waals surface area contributed by atoms with Gasteiger partial charge in [0.15, 0.2) is 0 Å². The van der Waals surface area contributed by atoms with Crippen molar-refractivity contribution in [2.24, 2.45) is 5.92 Å². The Morgan fingerprint density at radius 1 is 1.24 bits per heavy atom. The van der Waals surface area contributed by atoms with Crippen LogP contribution < -0.4 is 5.32 Å². The van der Waals surface area contributed by atoms with E-state index >= 15 is 0 Å². The average molecular weight is 303 g/mol. The predicted molar refractivity (Wildman–Crippen MR) is 79.9 cm³/mol. The van der Waals surface area contributed by atoms with Gasteiger partial charge in [-0.2, -0.15) is 0 Å². The van der Waals surface area contributed by atoms with Crippen molar-refractivity contribution in [1.29, 1.82) is 0 Å². The molecule has 0 aromatic heterocycles. The standard InChI is InChI=1S/C15H29NO5/c1-7-20-13(18)9-12(17)11(8-10(2)3)16-14(19)21-15(4,5)6/h10-12,17H,7-9H2,1-6H3,(H,16,19). The lowest BCUT2D eigenvalue weighted by atomic mass is 9.97. The summed E-state index contributed by atoms with van der Waals surface area (Å²) in [5.74, 6) is -0.230. The van der Waals surface area contributed by atoms with Crippen LogP contribution in [0.2, 0.25) is 0 Å². The zero-order chi connectivity index (χ0) is 16.6. The van der Waals surface area contributed by atoms with Crippen molar-refractivity contribution in [3.63, 3.8) is 0 Å². The number of hydrogen-bond acceptors (Lipinski definition) is 5. The highest BCUT2D eigenvalue weighted by Gasteiger charge is 2.27. The Labute approximate surface area is 127 Å². The Morgan fingerprint density at radius 2 is 1.81 bits per heavy atom. The van der Waals surface area contributed by atoms with Gasteiger partial charge in [0.1, 0.15) is 5.60 Å². The minimum absolute atomic E-state index is 0.152. The van der Waals surface area contributed by atoms with Crippen LogP contribution in [0, 0.1) is 5.92 Å². The smallest absolute Gasteiger partial charge is 0.407 e. The fourth-order valence-electron chi connectivity index (χ4n) is 1.81. The third-order valence-corrected chi connectivity index (χ3v) is 2.57. The quantitative estimate of drug-likeness (QED) is 0.705. The predicted octanol–water partition coefficient (Wildman–Crippen LogP) is 2.24. The first-order valence-electron chi connectivity index (χ1n) is 7.38. The summed E-state index contributed by atoms with van der Waals surface area (Å²) < 4.78 is 9.99. The summed E-state index contributed by atoms with van der Waals surface area (Å²) in [6.45, 7) is 11.2. The molecule has 0 radical (unpaired) electrons. The first-order chi connectivity index (χ1) is 9.55. The number of aliphatic hydroxyl groups excluding tert-OH is 1. The van der Waals surface area contributed by atoms with Gasteiger partial charge in [-0.05, 0) is 40.0 Å². The lowest BCUT2D eigenvalue weighted by Crippen LogP contribution is -2.46. The molecule has 0 aromatic carbocycles. The Morgan fingerprint density at radius 3 is 2.24 bits per heavy atom. The van der Waals surface area contributed by atoms with Crippen molar-refractivity contribution in [2.45, 2.75) is 72.1 Å². The van der Waals surface area contributed by atoms with Crippen molar-refractivity contribution in [3.05, 3.63) is 0 Å². The van der Waals surface area contributed by atoms with Crippen molar-refractivity contribution in [1.82, 2.24) is 5.32 Å². The second-order valence-electron chi connectivity index (χ2n) is 6.46. The van der Waals surface area contributed by atoms with E-state index in [1.165, 1.54) is 0 Å². The number of rotatable bonds is 7. The molecule has 2 unspecified atom stereocenters. The minimum Gasteiger partial charge on any atom is -0.466 e. The van der Waals surface area contributed by atoms with E-state index in [1.807, 2.05) is 13.8 Å². The zero-order valence-electron chi connectivity index (χ0n) is 13.9. The summed E-state index contributed by atoms with van der Waals surface area (Å²) in [4.78, 5) is 23.2. The first kappa shape index (κ1) is 19.7. The van der Waals surface area contributed by atoms with Crippen LogP contribution in [-0.4, -0.2) is 41.5 Å². The van der Waals surface area contributed by atoms with Gasteiger partial charge in [-0.3, -0.25) is 4.79 Å². The Hall–Kier alpha value is -1.30. The summed E-state index contributed by atoms with van der Waals surface area (Å²) >= 11 is 0. The maximum Gasteiger partial charge on any atom is 0.407 e. The number of ether oxygens (including phenoxy) is 2. The largest absolute Gasteiger partial charge is 0.466 e. The molecule has 2 N–H and O–H groups in total. The van der Waals surface area contributed by atoms with Crippen molar-refractivity contribution in [2.75, 3.05) is 6.61 Å². The molecule has 0 saturated carbocycles. The highest BCUT2D eigenvalue weighted by molar-refractivity contribution is 5.71. The molecule has 0 heterocycles. The number of hydrogen-bond donors (Lipinski definition) is 2. The molecule has 2 atom stereocenters. The molecular weight excluding hydrogens is 274 g/mol. The van der Waals surface area contributed by atoms with Crippen LogP contribution in [0.15, 0.2) is 0 Å². The summed E-state index contributed by atoms with van der Waals surface area (Å²) in [5, 5.41) is 12.8. The molecule has 0 aliphatic carbocycles. The minimum atomic E-state index is -1.00. The topological polar surface area (TPSA) is 84.9 Å². The molecule has 1 amide bonds. The first-order valence-corrected chi connectivity index (χ1v) is 7.38. The van der Waals surface area contributed by atoms with Crippen molar-refractivity contribution < 1.29 is 24.2 Å². The maximum absolute atomic E-state index is 11.8. The van der Waals surface area contributed by atoms with E-state index in [0.717, 1.165) is 0 Å². The number of carbonyl (C=O) groups is 2. The van der Waals surface area contributed by atoms with Gasteiger partial charge in [0.05, 0.1) is 25.2 Å². The lowest BCUT2D eigenvalue weighted by Gasteiger charge is -2.27. The van der Waals surface area contributed by atoms with Crippen LogP contribution in [0.25, 0.3) is 0 Å². The average Bonchev–Trinajstić information content (AvgIpc) is 2.24. The number of amides is 1. The van der Waals surface area contributed by atoms with Gasteiger partial charge < -0.3 is 19.9 Å². The number of carbonyl (C=O) groups excluding carboxylic acids is 2. The van der Waals surface area contributed by atoms with E-state index in [1.54, 1.807) is 27.7 Å². The van der Waals surface area contributed by atoms with E-state index in [4.69, 9.17) is 9.47 Å². The summed E-state index contributed by atoms with van der Waals surface area (Å²) in [6.07, 6.45) is -1.21. The van der Waals surface area contributed by atoms with E-state index < -0.39 is 29.8 Å². The summed E-state index contributed by atoms with van der Waals surface area (Å²) in [6, 6.07) is -0.552. The van der Waals surface area contributed by atoms with Gasteiger partial charge >= 0.3 is 12.1 Å². The molecule has 0 aliphatic heterocycles. The number of aliphatic hydroxyl groups is 1. The Bertz CT molecular complexity index is 335. The maximum atomic E-state index is 11.8. The molecule has 6 heteroatoms. The molecule has 124 valence electrons. The van der Waals surface area contributed by atoms with Crippen LogP contribution >= 0.6 is 0 Å². The third-order valence-electron chi connectivity index (χ3n) is 2.57. The second-order valence-corrected chi connectivity index (χ2v) is 6.46. The van der Waals surface area contributed by atoms with Gasteiger partial charge in [-0.1, -0.05) is 13.8 Å². The van der Waals surface area contributed by atoms with E-state index in [-0.39, 0.29) is 18.9 Å². The van der Waals surface area contributed by atoms with Gasteiger partial charge in [-0.15, -0.1) is 0 Å². The number of nitrogens with one attached hydrogen (secondary N) is 1. The van der Waals surface area contributed by atoms with E-state index in [9.17, 15) is 14.7 Å². The van der Waals surface area contributed by atoms with Gasteiger partial charge in [-0.25, -0.2) is 4.79 Å².